The maximum absolute atomic E-state index is 5.45. The van der Waals surface area contributed by atoms with Gasteiger partial charge in [0.2, 0.25) is 5.95 Å². The van der Waals surface area contributed by atoms with Gasteiger partial charge in [-0.1, -0.05) is 0 Å². The van der Waals surface area contributed by atoms with Gasteiger partial charge in [-0.2, -0.15) is 0 Å². The van der Waals surface area contributed by atoms with Crippen molar-refractivity contribution in [3.05, 3.63) is 18.5 Å². The number of nitrogens with one attached hydrogen (secondary N) is 1. The summed E-state index contributed by atoms with van der Waals surface area (Å²) in [4.78, 5) is 17.4. The summed E-state index contributed by atoms with van der Waals surface area (Å²) in [6.45, 7) is 6.17. The number of aliphatic imine (C=N–C) groups is 1. The Balaban J connectivity index is 0.00000288. The number of guanidine groups is 1. The fourth-order valence-electron chi connectivity index (χ4n) is 2.38. The minimum atomic E-state index is 0. The van der Waals surface area contributed by atoms with E-state index in [4.69, 9.17) is 9.47 Å². The van der Waals surface area contributed by atoms with Crippen LogP contribution in [0.2, 0.25) is 0 Å². The molecular formula is C15H27IN6O2. The summed E-state index contributed by atoms with van der Waals surface area (Å²) in [6, 6.07) is 1.83. The number of hydrogen-bond donors (Lipinski definition) is 1. The first kappa shape index (κ1) is 20.8. The molecule has 1 aliphatic heterocycles. The molecule has 1 aromatic heterocycles. The zero-order valence-corrected chi connectivity index (χ0v) is 16.7. The summed E-state index contributed by atoms with van der Waals surface area (Å²) in [7, 11) is 3.48. The summed E-state index contributed by atoms with van der Waals surface area (Å²) in [5.74, 6) is 1.70. The Morgan fingerprint density at radius 2 is 1.88 bits per heavy atom. The molecule has 1 aromatic rings. The molecule has 0 aliphatic carbocycles. The number of anilines is 1. The highest BCUT2D eigenvalue weighted by molar-refractivity contribution is 14.0. The van der Waals surface area contributed by atoms with Crippen molar-refractivity contribution in [1.29, 1.82) is 0 Å². The standard InChI is InChI=1S/C15H26N6O2.HI/c1-16-14(19-6-11-23-13-12-22-2)20-7-9-21(10-8-20)15-17-4-3-5-18-15;/h3-5H,6-13H2,1-2H3,(H,16,19);1H. The third-order valence-electron chi connectivity index (χ3n) is 3.59. The van der Waals surface area contributed by atoms with Crippen molar-refractivity contribution >= 4 is 35.9 Å². The number of rotatable bonds is 7. The van der Waals surface area contributed by atoms with E-state index >= 15 is 0 Å². The van der Waals surface area contributed by atoms with Crippen molar-refractivity contribution in [2.75, 3.05) is 71.6 Å². The molecule has 0 saturated carbocycles. The van der Waals surface area contributed by atoms with Gasteiger partial charge in [-0.3, -0.25) is 4.99 Å². The van der Waals surface area contributed by atoms with E-state index in [1.54, 1.807) is 26.6 Å². The number of hydrogen-bond acceptors (Lipinski definition) is 6. The summed E-state index contributed by atoms with van der Waals surface area (Å²) in [5.41, 5.74) is 0. The van der Waals surface area contributed by atoms with Crippen LogP contribution in [0.4, 0.5) is 5.95 Å². The Kier molecular flexibility index (Phi) is 10.6. The molecule has 1 saturated heterocycles. The Morgan fingerprint density at radius 1 is 1.17 bits per heavy atom. The molecule has 1 N–H and O–H groups in total. The highest BCUT2D eigenvalue weighted by Crippen LogP contribution is 2.09. The number of aromatic nitrogens is 2. The lowest BCUT2D eigenvalue weighted by molar-refractivity contribution is 0.0731. The van der Waals surface area contributed by atoms with Gasteiger partial charge in [0, 0.05) is 59.3 Å². The Bertz CT molecular complexity index is 468. The van der Waals surface area contributed by atoms with Crippen LogP contribution < -0.4 is 10.2 Å². The van der Waals surface area contributed by atoms with Crippen LogP contribution in [0.15, 0.2) is 23.5 Å². The largest absolute Gasteiger partial charge is 0.382 e. The smallest absolute Gasteiger partial charge is 0.225 e. The molecule has 0 radical (unpaired) electrons. The van der Waals surface area contributed by atoms with Gasteiger partial charge >= 0.3 is 0 Å². The van der Waals surface area contributed by atoms with Gasteiger partial charge < -0.3 is 24.6 Å². The number of nitrogens with zero attached hydrogens (tertiary/aromatic N) is 5. The first-order valence-corrected chi connectivity index (χ1v) is 7.89. The quantitative estimate of drug-likeness (QED) is 0.280. The van der Waals surface area contributed by atoms with Crippen LogP contribution in [-0.2, 0) is 9.47 Å². The van der Waals surface area contributed by atoms with E-state index in [0.29, 0.717) is 19.8 Å². The van der Waals surface area contributed by atoms with E-state index in [1.807, 2.05) is 6.07 Å². The molecule has 0 amide bonds. The van der Waals surface area contributed by atoms with E-state index in [-0.39, 0.29) is 24.0 Å². The van der Waals surface area contributed by atoms with Crippen LogP contribution in [-0.4, -0.2) is 87.5 Å². The normalized spacial score (nSPS) is 15.2. The summed E-state index contributed by atoms with van der Waals surface area (Å²) in [6.07, 6.45) is 3.55. The average molecular weight is 450 g/mol. The fraction of sp³-hybridized carbons (Fsp3) is 0.667. The van der Waals surface area contributed by atoms with Crippen molar-refractivity contribution in [3.63, 3.8) is 0 Å². The summed E-state index contributed by atoms with van der Waals surface area (Å²) < 4.78 is 10.4. The first-order valence-electron chi connectivity index (χ1n) is 7.89. The third-order valence-corrected chi connectivity index (χ3v) is 3.59. The molecule has 1 aliphatic rings. The van der Waals surface area contributed by atoms with Crippen molar-refractivity contribution in [2.24, 2.45) is 4.99 Å². The fourth-order valence-corrected chi connectivity index (χ4v) is 2.38. The van der Waals surface area contributed by atoms with Crippen LogP contribution >= 0.6 is 24.0 Å². The molecule has 0 atom stereocenters. The summed E-state index contributed by atoms with van der Waals surface area (Å²) in [5, 5.41) is 3.33. The van der Waals surface area contributed by atoms with Gasteiger partial charge in [0.05, 0.1) is 19.8 Å². The lowest BCUT2D eigenvalue weighted by Gasteiger charge is -2.36. The van der Waals surface area contributed by atoms with Crippen LogP contribution in [0.5, 0.6) is 0 Å². The maximum atomic E-state index is 5.45. The number of ether oxygens (including phenoxy) is 2. The van der Waals surface area contributed by atoms with E-state index in [0.717, 1.165) is 44.6 Å². The topological polar surface area (TPSA) is 75.1 Å². The molecule has 2 heterocycles. The molecule has 136 valence electrons. The predicted octanol–water partition coefficient (Wildman–Crippen LogP) is 0.455. The second kappa shape index (κ2) is 12.2. The van der Waals surface area contributed by atoms with Gasteiger partial charge in [-0.25, -0.2) is 9.97 Å². The highest BCUT2D eigenvalue weighted by Gasteiger charge is 2.20. The van der Waals surface area contributed by atoms with Crippen molar-refractivity contribution in [2.45, 2.75) is 0 Å². The lowest BCUT2D eigenvalue weighted by Crippen LogP contribution is -2.53. The molecule has 9 heteroatoms. The van der Waals surface area contributed by atoms with Gasteiger partial charge in [-0.05, 0) is 6.07 Å². The van der Waals surface area contributed by atoms with Gasteiger partial charge in [-0.15, -0.1) is 24.0 Å². The monoisotopic (exact) mass is 450 g/mol. The molecule has 8 nitrogen and oxygen atoms in total. The molecule has 0 unspecified atom stereocenters. The third kappa shape index (κ3) is 6.73. The van der Waals surface area contributed by atoms with Gasteiger partial charge in [0.1, 0.15) is 0 Å². The van der Waals surface area contributed by atoms with Gasteiger partial charge in [0.25, 0.3) is 0 Å². The van der Waals surface area contributed by atoms with E-state index in [1.165, 1.54) is 0 Å². The predicted molar refractivity (Wildman–Crippen MR) is 105 cm³/mol. The zero-order chi connectivity index (χ0) is 16.3. The molecule has 2 rings (SSSR count). The number of methoxy groups -OCH3 is 1. The van der Waals surface area contributed by atoms with Crippen LogP contribution in [0.25, 0.3) is 0 Å². The highest BCUT2D eigenvalue weighted by atomic mass is 127. The second-order valence-electron chi connectivity index (χ2n) is 5.10. The average Bonchev–Trinajstić information content (AvgIpc) is 2.62. The van der Waals surface area contributed by atoms with Crippen LogP contribution in [0.1, 0.15) is 0 Å². The SMILES string of the molecule is CN=C(NCCOCCOC)N1CCN(c2ncccn2)CC1.I. The van der Waals surface area contributed by atoms with E-state index < -0.39 is 0 Å². The second-order valence-corrected chi connectivity index (χ2v) is 5.10. The molecule has 0 aromatic carbocycles. The van der Waals surface area contributed by atoms with Crippen LogP contribution in [0.3, 0.4) is 0 Å². The minimum absolute atomic E-state index is 0. The molecular weight excluding hydrogens is 423 g/mol. The Labute approximate surface area is 160 Å². The van der Waals surface area contributed by atoms with Crippen LogP contribution in [0, 0.1) is 0 Å². The Morgan fingerprint density at radius 3 is 2.50 bits per heavy atom. The van der Waals surface area contributed by atoms with Crippen molar-refractivity contribution in [3.8, 4) is 0 Å². The number of halogens is 1. The number of piperazine rings is 1. The lowest BCUT2D eigenvalue weighted by atomic mass is 10.3. The molecule has 0 spiro atoms. The minimum Gasteiger partial charge on any atom is -0.382 e. The zero-order valence-electron chi connectivity index (χ0n) is 14.3. The maximum Gasteiger partial charge on any atom is 0.225 e. The van der Waals surface area contributed by atoms with Crippen molar-refractivity contribution in [1.82, 2.24) is 20.2 Å². The van der Waals surface area contributed by atoms with Gasteiger partial charge in [0.15, 0.2) is 5.96 Å². The van der Waals surface area contributed by atoms with E-state index in [9.17, 15) is 0 Å². The van der Waals surface area contributed by atoms with E-state index in [2.05, 4.69) is 30.1 Å². The Hall–Kier alpha value is -1.20. The van der Waals surface area contributed by atoms with Crippen molar-refractivity contribution < 1.29 is 9.47 Å². The summed E-state index contributed by atoms with van der Waals surface area (Å²) >= 11 is 0. The molecule has 0 bridgehead atoms. The molecule has 24 heavy (non-hydrogen) atoms. The molecule has 1 fully saturated rings. The first-order chi connectivity index (χ1) is 11.3.